The second-order valence-electron chi connectivity index (χ2n) is 6.96. The summed E-state index contributed by atoms with van der Waals surface area (Å²) in [5.74, 6) is -0.187. The average Bonchev–Trinajstić information content (AvgIpc) is 2.69. The Bertz CT molecular complexity index is 941. The van der Waals surface area contributed by atoms with E-state index in [1.54, 1.807) is 23.6 Å². The van der Waals surface area contributed by atoms with Crippen LogP contribution in [0.3, 0.4) is 0 Å². The van der Waals surface area contributed by atoms with Crippen LogP contribution in [0.1, 0.15) is 46.0 Å². The van der Waals surface area contributed by atoms with E-state index in [1.807, 2.05) is 19.1 Å². The third-order valence-electron chi connectivity index (χ3n) is 5.08. The highest BCUT2D eigenvalue weighted by molar-refractivity contribution is 8.00. The van der Waals surface area contributed by atoms with E-state index in [9.17, 15) is 14.9 Å². The van der Waals surface area contributed by atoms with E-state index in [-0.39, 0.29) is 11.5 Å². The van der Waals surface area contributed by atoms with Crippen LogP contribution in [0.25, 0.3) is 10.9 Å². The number of hydrogen-bond donors (Lipinski definition) is 1. The van der Waals surface area contributed by atoms with Crippen LogP contribution in [-0.4, -0.2) is 26.2 Å². The lowest BCUT2D eigenvalue weighted by atomic mass is 9.83. The van der Waals surface area contributed by atoms with E-state index < -0.39 is 10.8 Å². The molecule has 7 heteroatoms. The Morgan fingerprint density at radius 2 is 2.07 bits per heavy atom. The number of fused-ring (bicyclic) bond motifs is 1. The fraction of sp³-hybridized carbons (Fsp3) is 0.500. The maximum absolute atomic E-state index is 12.7. The van der Waals surface area contributed by atoms with E-state index in [1.165, 1.54) is 11.8 Å². The first-order valence-corrected chi connectivity index (χ1v) is 10.3. The maximum Gasteiger partial charge on any atom is 0.262 e. The number of carbonyl (C=O) groups excluding carboxylic acids is 1. The van der Waals surface area contributed by atoms with Crippen LogP contribution in [0.15, 0.2) is 34.2 Å². The van der Waals surface area contributed by atoms with E-state index in [0.29, 0.717) is 35.4 Å². The first-order chi connectivity index (χ1) is 13.0. The Morgan fingerprint density at radius 3 is 2.74 bits per heavy atom. The molecular formula is C20H24N4O2S. The molecule has 1 fully saturated rings. The molecule has 1 N–H and O–H groups in total. The summed E-state index contributed by atoms with van der Waals surface area (Å²) >= 11 is 1.26. The normalized spacial score (nSPS) is 17.2. The van der Waals surface area contributed by atoms with Gasteiger partial charge in [0.25, 0.3) is 5.56 Å². The number of thioether (sulfide) groups is 1. The van der Waals surface area contributed by atoms with Gasteiger partial charge in [-0.05, 0) is 38.8 Å². The van der Waals surface area contributed by atoms with Gasteiger partial charge in [-0.3, -0.25) is 14.2 Å². The molecule has 1 aromatic heterocycles. The Kier molecular flexibility index (Phi) is 5.85. The Morgan fingerprint density at radius 1 is 1.37 bits per heavy atom. The van der Waals surface area contributed by atoms with E-state index in [2.05, 4.69) is 16.4 Å². The molecule has 1 aliphatic carbocycles. The summed E-state index contributed by atoms with van der Waals surface area (Å²) in [4.78, 5) is 30.0. The molecule has 1 saturated carbocycles. The fourth-order valence-corrected chi connectivity index (χ4v) is 4.46. The minimum absolute atomic E-state index is 0.0982. The van der Waals surface area contributed by atoms with Crippen molar-refractivity contribution in [2.75, 3.05) is 0 Å². The highest BCUT2D eigenvalue weighted by Gasteiger charge is 2.35. The zero-order valence-electron chi connectivity index (χ0n) is 15.7. The molecule has 0 radical (unpaired) electrons. The first kappa shape index (κ1) is 19.4. The van der Waals surface area contributed by atoms with Crippen LogP contribution in [0.2, 0.25) is 0 Å². The molecule has 6 nitrogen and oxygen atoms in total. The second-order valence-corrected chi connectivity index (χ2v) is 8.27. The number of aromatic nitrogens is 2. The summed E-state index contributed by atoms with van der Waals surface area (Å²) in [6.45, 7) is 4.16. The summed E-state index contributed by atoms with van der Waals surface area (Å²) < 4.78 is 1.59. The van der Waals surface area contributed by atoms with E-state index in [0.717, 1.165) is 19.3 Å². The van der Waals surface area contributed by atoms with Crippen LogP contribution in [0.5, 0.6) is 0 Å². The van der Waals surface area contributed by atoms with Crippen LogP contribution in [0.4, 0.5) is 0 Å². The molecule has 0 spiro atoms. The molecule has 27 heavy (non-hydrogen) atoms. The lowest BCUT2D eigenvalue weighted by Crippen LogP contribution is -2.51. The highest BCUT2D eigenvalue weighted by Crippen LogP contribution is 2.29. The smallest absolute Gasteiger partial charge is 0.262 e. The minimum Gasteiger partial charge on any atom is -0.337 e. The van der Waals surface area contributed by atoms with Crippen molar-refractivity contribution in [1.29, 1.82) is 5.26 Å². The highest BCUT2D eigenvalue weighted by atomic mass is 32.2. The molecule has 1 atom stereocenters. The van der Waals surface area contributed by atoms with Gasteiger partial charge in [0.2, 0.25) is 5.91 Å². The molecule has 1 aromatic carbocycles. The minimum atomic E-state index is -0.759. The summed E-state index contributed by atoms with van der Waals surface area (Å²) in [6.07, 6.45) is 4.41. The molecule has 2 aromatic rings. The van der Waals surface area contributed by atoms with Gasteiger partial charge in [0.15, 0.2) is 5.16 Å². The van der Waals surface area contributed by atoms with Crippen molar-refractivity contribution in [1.82, 2.24) is 14.9 Å². The first-order valence-electron chi connectivity index (χ1n) is 9.39. The largest absolute Gasteiger partial charge is 0.337 e. The zero-order chi connectivity index (χ0) is 19.4. The molecule has 142 valence electrons. The molecule has 1 unspecified atom stereocenters. The molecule has 0 saturated heterocycles. The summed E-state index contributed by atoms with van der Waals surface area (Å²) in [5, 5.41) is 13.2. The van der Waals surface area contributed by atoms with Gasteiger partial charge in [-0.1, -0.05) is 43.2 Å². The SMILES string of the molecule is CCn1c(SC(C)C(=O)NC2(C#N)CCCCC2)nc2ccccc2c1=O. The number of nitrogens with zero attached hydrogens (tertiary/aromatic N) is 3. The van der Waals surface area contributed by atoms with Crippen LogP contribution in [-0.2, 0) is 11.3 Å². The van der Waals surface area contributed by atoms with Crippen molar-refractivity contribution < 1.29 is 4.79 Å². The van der Waals surface area contributed by atoms with E-state index in [4.69, 9.17) is 0 Å². The lowest BCUT2D eigenvalue weighted by molar-refractivity contribution is -0.121. The monoisotopic (exact) mass is 384 g/mol. The van der Waals surface area contributed by atoms with Gasteiger partial charge in [-0.15, -0.1) is 0 Å². The quantitative estimate of drug-likeness (QED) is 0.631. The van der Waals surface area contributed by atoms with Crippen molar-refractivity contribution >= 4 is 28.6 Å². The Hall–Kier alpha value is -2.33. The van der Waals surface area contributed by atoms with Crippen molar-refractivity contribution in [3.63, 3.8) is 0 Å². The topological polar surface area (TPSA) is 87.8 Å². The van der Waals surface area contributed by atoms with Gasteiger partial charge in [0.1, 0.15) is 5.54 Å². The number of benzene rings is 1. The fourth-order valence-electron chi connectivity index (χ4n) is 3.49. The standard InChI is InChI=1S/C20H24N4O2S/c1-3-24-18(26)15-9-5-6-10-16(15)22-19(24)27-14(2)17(25)23-20(13-21)11-7-4-8-12-20/h5-6,9-10,14H,3-4,7-8,11-12H2,1-2H3,(H,23,25). The molecule has 0 aliphatic heterocycles. The predicted molar refractivity (Wildman–Crippen MR) is 107 cm³/mol. The summed E-state index contributed by atoms with van der Waals surface area (Å²) in [7, 11) is 0. The van der Waals surface area contributed by atoms with Crippen LogP contribution < -0.4 is 10.9 Å². The lowest BCUT2D eigenvalue weighted by Gasteiger charge is -2.32. The molecule has 0 bridgehead atoms. The number of rotatable bonds is 5. The van der Waals surface area contributed by atoms with Gasteiger partial charge in [0.05, 0.1) is 22.2 Å². The number of carbonyl (C=O) groups is 1. The van der Waals surface area contributed by atoms with E-state index >= 15 is 0 Å². The number of nitriles is 1. The number of nitrogens with one attached hydrogen (secondary N) is 1. The number of hydrogen-bond acceptors (Lipinski definition) is 5. The van der Waals surface area contributed by atoms with Gasteiger partial charge < -0.3 is 5.32 Å². The maximum atomic E-state index is 12.7. The van der Waals surface area contributed by atoms with Crippen molar-refractivity contribution in [3.05, 3.63) is 34.6 Å². The van der Waals surface area contributed by atoms with Gasteiger partial charge in [-0.2, -0.15) is 5.26 Å². The zero-order valence-corrected chi connectivity index (χ0v) is 16.5. The van der Waals surface area contributed by atoms with Crippen LogP contribution >= 0.6 is 11.8 Å². The van der Waals surface area contributed by atoms with Gasteiger partial charge in [-0.25, -0.2) is 4.98 Å². The molecule has 1 heterocycles. The Labute approximate surface area is 163 Å². The molecular weight excluding hydrogens is 360 g/mol. The third kappa shape index (κ3) is 4.01. The van der Waals surface area contributed by atoms with Gasteiger partial charge in [0, 0.05) is 6.54 Å². The van der Waals surface area contributed by atoms with Crippen molar-refractivity contribution in [2.45, 2.75) is 68.4 Å². The number of para-hydroxylation sites is 1. The predicted octanol–water partition coefficient (Wildman–Crippen LogP) is 3.24. The summed E-state index contributed by atoms with van der Waals surface area (Å²) in [6, 6.07) is 9.54. The number of amides is 1. The van der Waals surface area contributed by atoms with Crippen molar-refractivity contribution in [2.24, 2.45) is 0 Å². The summed E-state index contributed by atoms with van der Waals surface area (Å²) in [5.41, 5.74) is -0.229. The Balaban J connectivity index is 1.83. The van der Waals surface area contributed by atoms with Crippen molar-refractivity contribution in [3.8, 4) is 6.07 Å². The molecule has 1 aliphatic rings. The second kappa shape index (κ2) is 8.13. The van der Waals surface area contributed by atoms with Gasteiger partial charge >= 0.3 is 0 Å². The molecule has 1 amide bonds. The van der Waals surface area contributed by atoms with Crippen LogP contribution in [0, 0.1) is 11.3 Å². The average molecular weight is 385 g/mol. The third-order valence-corrected chi connectivity index (χ3v) is 6.17. The molecule has 3 rings (SSSR count).